The zero-order valence-electron chi connectivity index (χ0n) is 41.7. The number of hydrogen-bond donors (Lipinski definition) is 4. The van der Waals surface area contributed by atoms with E-state index in [9.17, 15) is 19.2 Å². The maximum atomic E-state index is 13.8. The van der Waals surface area contributed by atoms with Crippen molar-refractivity contribution in [2.24, 2.45) is 11.8 Å². The Morgan fingerprint density at radius 1 is 0.549 bits per heavy atom. The fourth-order valence-corrected chi connectivity index (χ4v) is 10.8. The number of methoxy groups -OCH3 is 2. The first-order valence-electron chi connectivity index (χ1n) is 25.4. The Morgan fingerprint density at radius 2 is 0.972 bits per heavy atom. The van der Waals surface area contributed by atoms with Crippen molar-refractivity contribution in [1.82, 2.24) is 44.9 Å². The molecule has 1 saturated carbocycles. The van der Waals surface area contributed by atoms with Crippen LogP contribution in [0.15, 0.2) is 97.3 Å². The van der Waals surface area contributed by atoms with E-state index in [-0.39, 0.29) is 35.7 Å². The molecule has 0 unspecified atom stereocenters. The van der Waals surface area contributed by atoms with Crippen molar-refractivity contribution < 1.29 is 28.7 Å². The summed E-state index contributed by atoms with van der Waals surface area (Å²) in [6, 6.07) is 28.7. The van der Waals surface area contributed by atoms with Crippen LogP contribution in [0.2, 0.25) is 0 Å². The Bertz CT molecular complexity index is 2640. The Hall–Kier alpha value is -7.16. The van der Waals surface area contributed by atoms with Gasteiger partial charge in [-0.1, -0.05) is 108 Å². The van der Waals surface area contributed by atoms with Crippen molar-refractivity contribution in [3.05, 3.63) is 115 Å². The molecular weight excluding hydrogens is 895 g/mol. The number of benzene rings is 3. The van der Waals surface area contributed by atoms with Gasteiger partial charge in [-0.25, -0.2) is 19.6 Å². The highest BCUT2D eigenvalue weighted by atomic mass is 16.5. The molecule has 15 nitrogen and oxygen atoms in total. The maximum absolute atomic E-state index is 13.8. The molecule has 4 amide bonds. The molecule has 1 aliphatic carbocycles. The first-order chi connectivity index (χ1) is 34.4. The van der Waals surface area contributed by atoms with E-state index in [0.717, 1.165) is 88.0 Å². The number of carbonyl (C=O) groups is 4. The van der Waals surface area contributed by atoms with Crippen LogP contribution in [0.25, 0.3) is 50.7 Å². The van der Waals surface area contributed by atoms with Crippen LogP contribution in [-0.2, 0) is 19.1 Å². The minimum absolute atomic E-state index is 0.117. The summed E-state index contributed by atoms with van der Waals surface area (Å²) in [6.07, 6.45) is 12.0. The molecule has 15 heteroatoms. The number of hydrogen-bond acceptors (Lipinski definition) is 8. The molecule has 4 atom stereocenters. The van der Waals surface area contributed by atoms with Gasteiger partial charge in [0.1, 0.15) is 23.7 Å². The topological polar surface area (TPSA) is 180 Å². The zero-order chi connectivity index (χ0) is 49.8. The number of alkyl carbamates (subject to hydrolysis) is 2. The molecule has 3 aliphatic rings. The Balaban J connectivity index is 0.967. The van der Waals surface area contributed by atoms with Crippen molar-refractivity contribution in [2.45, 2.75) is 116 Å². The lowest BCUT2D eigenvalue weighted by molar-refractivity contribution is -0.136. The Labute approximate surface area is 416 Å². The molecule has 5 heterocycles. The first-order valence-corrected chi connectivity index (χ1v) is 25.4. The largest absolute Gasteiger partial charge is 0.453 e. The molecule has 0 spiro atoms. The normalized spacial score (nSPS) is 18.2. The number of ether oxygens (including phenoxy) is 2. The third kappa shape index (κ3) is 10.4. The van der Waals surface area contributed by atoms with E-state index < -0.39 is 24.3 Å². The van der Waals surface area contributed by atoms with Crippen LogP contribution in [0.3, 0.4) is 0 Å². The summed E-state index contributed by atoms with van der Waals surface area (Å²) in [5.41, 5.74) is 10.4. The first kappa shape index (κ1) is 48.8. The summed E-state index contributed by atoms with van der Waals surface area (Å²) in [7, 11) is 2.60. The van der Waals surface area contributed by atoms with E-state index in [1.165, 1.54) is 51.9 Å². The Morgan fingerprint density at radius 3 is 1.38 bits per heavy atom. The van der Waals surface area contributed by atoms with Crippen LogP contribution >= 0.6 is 0 Å². The van der Waals surface area contributed by atoms with Crippen LogP contribution in [0.1, 0.15) is 121 Å². The highest BCUT2D eigenvalue weighted by Crippen LogP contribution is 2.39. The van der Waals surface area contributed by atoms with Gasteiger partial charge in [0.05, 0.1) is 61.5 Å². The lowest BCUT2D eigenvalue weighted by atomic mass is 9.84. The third-order valence-electron chi connectivity index (χ3n) is 14.8. The zero-order valence-corrected chi connectivity index (χ0v) is 41.7. The smallest absolute Gasteiger partial charge is 0.407 e. The average Bonchev–Trinajstić information content (AvgIpc) is 4.27. The summed E-state index contributed by atoms with van der Waals surface area (Å²) >= 11 is 0. The number of likely N-dealkylation sites (tertiary alicyclic amines) is 2. The summed E-state index contributed by atoms with van der Waals surface area (Å²) in [4.78, 5) is 72.0. The van der Waals surface area contributed by atoms with Crippen LogP contribution in [0.5, 0.6) is 0 Å². The number of imidazole rings is 2. The molecule has 2 saturated heterocycles. The molecule has 3 aromatic carbocycles. The molecular formula is C56H67N9O6. The SMILES string of the molecule is COC(=O)N[C@H](C(=O)N1CCC[C@H]1c1ncc(-c2ccc(-c3ccc(-c4ccc(-c5cnc([C@@H]6CCCN6C(=O)[C@@H](NC(=O)OC)C(C)C)[nH]5)cc4)n3-c3ccc(C4CCCCC4)cc3)cc2)[nH]1)C(C)C. The van der Waals surface area contributed by atoms with Crippen molar-refractivity contribution in [3.63, 3.8) is 0 Å². The molecule has 3 fully saturated rings. The number of rotatable bonds is 14. The molecule has 9 rings (SSSR count). The van der Waals surface area contributed by atoms with Crippen molar-refractivity contribution >= 4 is 24.0 Å². The standard InChI is InChI=1S/C56H67N9O6/c1-34(2)49(61-55(68)70-5)53(66)63-30-10-14-47(63)51-57-32-43(59-51)38-16-20-40(21-17-38)45-28-29-46(65(45)42-26-24-37(25-27-42)36-12-8-7-9-13-36)41-22-18-39(19-23-41)44-33-58-52(60-44)48-15-11-31-64(48)54(67)50(35(3)4)62-56(69)71-6/h16-29,32-36,47-50H,7-15,30-31H2,1-6H3,(H,57,59)(H,58,60)(H,61,68)(H,62,69)/t47-,48-,49-,50-/m0/s1. The molecule has 372 valence electrons. The van der Waals surface area contributed by atoms with Crippen LogP contribution in [-0.4, -0.2) is 97.7 Å². The third-order valence-corrected chi connectivity index (χ3v) is 14.8. The molecule has 2 aliphatic heterocycles. The highest BCUT2D eigenvalue weighted by Gasteiger charge is 2.39. The van der Waals surface area contributed by atoms with Gasteiger partial charge in [0.2, 0.25) is 11.8 Å². The number of amides is 4. The van der Waals surface area contributed by atoms with Crippen LogP contribution in [0.4, 0.5) is 9.59 Å². The van der Waals surface area contributed by atoms with Gasteiger partial charge in [-0.05, 0) is 108 Å². The van der Waals surface area contributed by atoms with Crippen molar-refractivity contribution in [3.8, 4) is 50.7 Å². The van der Waals surface area contributed by atoms with Crippen LogP contribution < -0.4 is 10.6 Å². The van der Waals surface area contributed by atoms with E-state index in [2.05, 4.69) is 110 Å². The predicted molar refractivity (Wildman–Crippen MR) is 273 cm³/mol. The van der Waals surface area contributed by atoms with Crippen LogP contribution in [0, 0.1) is 11.8 Å². The van der Waals surface area contributed by atoms with E-state index in [1.807, 2.05) is 49.9 Å². The van der Waals surface area contributed by atoms with E-state index >= 15 is 0 Å². The van der Waals surface area contributed by atoms with Gasteiger partial charge in [-0.15, -0.1) is 0 Å². The molecule has 6 aromatic rings. The predicted octanol–water partition coefficient (Wildman–Crippen LogP) is 10.7. The molecule has 4 N–H and O–H groups in total. The van der Waals surface area contributed by atoms with Gasteiger partial charge in [-0.3, -0.25) is 9.59 Å². The van der Waals surface area contributed by atoms with Gasteiger partial charge in [0, 0.05) is 18.8 Å². The number of H-pyrrole nitrogens is 2. The minimum Gasteiger partial charge on any atom is -0.453 e. The average molecular weight is 962 g/mol. The monoisotopic (exact) mass is 962 g/mol. The van der Waals surface area contributed by atoms with Gasteiger partial charge >= 0.3 is 12.2 Å². The summed E-state index contributed by atoms with van der Waals surface area (Å²) in [5, 5.41) is 5.46. The molecule has 0 bridgehead atoms. The number of nitrogens with one attached hydrogen (secondary N) is 4. The maximum Gasteiger partial charge on any atom is 0.407 e. The fourth-order valence-electron chi connectivity index (χ4n) is 10.8. The second-order valence-corrected chi connectivity index (χ2v) is 20.0. The second kappa shape index (κ2) is 21.5. The molecule has 3 aromatic heterocycles. The van der Waals surface area contributed by atoms with Gasteiger partial charge < -0.3 is 44.4 Å². The number of carbonyl (C=O) groups excluding carboxylic acids is 4. The highest BCUT2D eigenvalue weighted by molar-refractivity contribution is 5.87. The van der Waals surface area contributed by atoms with Gasteiger partial charge in [0.25, 0.3) is 0 Å². The number of nitrogens with zero attached hydrogens (tertiary/aromatic N) is 5. The molecule has 0 radical (unpaired) electrons. The lowest BCUT2D eigenvalue weighted by Crippen LogP contribution is -2.51. The van der Waals surface area contributed by atoms with E-state index in [4.69, 9.17) is 19.4 Å². The molecule has 71 heavy (non-hydrogen) atoms. The lowest BCUT2D eigenvalue weighted by Gasteiger charge is -2.30. The quantitative estimate of drug-likeness (QED) is 0.0833. The second-order valence-electron chi connectivity index (χ2n) is 20.0. The van der Waals surface area contributed by atoms with E-state index in [1.54, 1.807) is 0 Å². The summed E-state index contributed by atoms with van der Waals surface area (Å²) in [5.74, 6) is 1.54. The van der Waals surface area contributed by atoms with Crippen molar-refractivity contribution in [2.75, 3.05) is 27.3 Å². The number of aromatic nitrogens is 5. The van der Waals surface area contributed by atoms with Crippen molar-refractivity contribution in [1.29, 1.82) is 0 Å². The van der Waals surface area contributed by atoms with Gasteiger partial charge in [-0.2, -0.15) is 0 Å². The summed E-state index contributed by atoms with van der Waals surface area (Å²) in [6.45, 7) is 8.83. The fraction of sp³-hybridized carbons (Fsp3) is 0.429. The minimum atomic E-state index is -0.701. The Kier molecular flexibility index (Phi) is 14.8. The van der Waals surface area contributed by atoms with E-state index in [0.29, 0.717) is 19.0 Å². The van der Waals surface area contributed by atoms with Gasteiger partial charge in [0.15, 0.2) is 0 Å². The summed E-state index contributed by atoms with van der Waals surface area (Å²) < 4.78 is 12.0. The number of aromatic amines is 2.